The van der Waals surface area contributed by atoms with Crippen molar-refractivity contribution in [2.75, 3.05) is 10.6 Å². The molecule has 4 rings (SSSR count). The second kappa shape index (κ2) is 6.62. The molecule has 1 aromatic carbocycles. The molecule has 1 aliphatic carbocycles. The van der Waals surface area contributed by atoms with Crippen molar-refractivity contribution in [3.8, 4) is 0 Å². The molecule has 0 bridgehead atoms. The highest BCUT2D eigenvalue weighted by molar-refractivity contribution is 6.01. The molecule has 1 aliphatic rings. The number of fused-ring (bicyclic) bond motifs is 1. The predicted molar refractivity (Wildman–Crippen MR) is 97.7 cm³/mol. The molecule has 0 unspecified atom stereocenters. The molecule has 0 aliphatic heterocycles. The van der Waals surface area contributed by atoms with E-state index < -0.39 is 0 Å². The molecule has 3 aromatic rings. The van der Waals surface area contributed by atoms with Crippen LogP contribution in [0.2, 0.25) is 0 Å². The van der Waals surface area contributed by atoms with Gasteiger partial charge in [0.15, 0.2) is 5.82 Å². The van der Waals surface area contributed by atoms with Crippen LogP contribution in [-0.2, 0) is 16.1 Å². The molecule has 0 saturated heterocycles. The number of nitrogens with one attached hydrogen (secondary N) is 3. The Kier molecular flexibility index (Phi) is 4.16. The average Bonchev–Trinajstić information content (AvgIpc) is 3.11. The summed E-state index contributed by atoms with van der Waals surface area (Å²) in [7, 11) is 0. The molecule has 1 fully saturated rings. The second-order valence-electron chi connectivity index (χ2n) is 6.69. The predicted octanol–water partition coefficient (Wildman–Crippen LogP) is 2.45. The number of rotatable bonds is 5. The van der Waals surface area contributed by atoms with Gasteiger partial charge in [0.2, 0.25) is 11.8 Å². The smallest absolute Gasteiger partial charge is 0.246 e. The summed E-state index contributed by atoms with van der Waals surface area (Å²) in [6.07, 6.45) is 4.51. The van der Waals surface area contributed by atoms with Gasteiger partial charge < -0.3 is 15.6 Å². The van der Waals surface area contributed by atoms with Crippen LogP contribution >= 0.6 is 0 Å². The average molecular weight is 352 g/mol. The quantitative estimate of drug-likeness (QED) is 0.656. The SMILES string of the molecule is Cc1cc2c(NC(=O)Cn3cc(NC(=O)C4CCC4)nn3)cccc2[nH]1. The van der Waals surface area contributed by atoms with Gasteiger partial charge in [-0.1, -0.05) is 17.7 Å². The number of nitrogens with zero attached hydrogens (tertiary/aromatic N) is 3. The van der Waals surface area contributed by atoms with Crippen molar-refractivity contribution in [2.24, 2.45) is 5.92 Å². The van der Waals surface area contributed by atoms with E-state index >= 15 is 0 Å². The topological polar surface area (TPSA) is 105 Å². The summed E-state index contributed by atoms with van der Waals surface area (Å²) in [6.45, 7) is 1.99. The van der Waals surface area contributed by atoms with E-state index in [0.29, 0.717) is 5.82 Å². The van der Waals surface area contributed by atoms with E-state index in [1.807, 2.05) is 31.2 Å². The molecule has 0 spiro atoms. The molecule has 3 N–H and O–H groups in total. The van der Waals surface area contributed by atoms with Gasteiger partial charge in [0.1, 0.15) is 6.54 Å². The van der Waals surface area contributed by atoms with Crippen LogP contribution in [0.3, 0.4) is 0 Å². The Bertz CT molecular complexity index is 969. The number of carbonyl (C=O) groups excluding carboxylic acids is 2. The highest BCUT2D eigenvalue weighted by atomic mass is 16.2. The summed E-state index contributed by atoms with van der Waals surface area (Å²) in [5, 5.41) is 14.4. The Hall–Kier alpha value is -3.16. The first kappa shape index (κ1) is 16.3. The lowest BCUT2D eigenvalue weighted by Crippen LogP contribution is -2.28. The molecule has 0 atom stereocenters. The van der Waals surface area contributed by atoms with E-state index in [2.05, 4.69) is 25.9 Å². The minimum Gasteiger partial charge on any atom is -0.359 e. The van der Waals surface area contributed by atoms with Gasteiger partial charge in [-0.2, -0.15) is 0 Å². The van der Waals surface area contributed by atoms with Crippen LogP contribution in [0.4, 0.5) is 11.5 Å². The van der Waals surface area contributed by atoms with E-state index in [1.165, 1.54) is 4.68 Å². The largest absolute Gasteiger partial charge is 0.359 e. The third kappa shape index (κ3) is 3.30. The van der Waals surface area contributed by atoms with Crippen molar-refractivity contribution < 1.29 is 9.59 Å². The van der Waals surface area contributed by atoms with Crippen molar-refractivity contribution in [2.45, 2.75) is 32.7 Å². The number of aromatic nitrogens is 4. The zero-order valence-corrected chi connectivity index (χ0v) is 14.5. The summed E-state index contributed by atoms with van der Waals surface area (Å²) in [5.74, 6) is 0.215. The number of hydrogen-bond acceptors (Lipinski definition) is 4. The van der Waals surface area contributed by atoms with E-state index in [9.17, 15) is 9.59 Å². The van der Waals surface area contributed by atoms with Gasteiger partial charge in [-0.25, -0.2) is 4.68 Å². The molecule has 26 heavy (non-hydrogen) atoms. The minimum atomic E-state index is -0.210. The maximum atomic E-state index is 12.3. The highest BCUT2D eigenvalue weighted by Gasteiger charge is 2.25. The molecule has 134 valence electrons. The Morgan fingerprint density at radius 1 is 1.31 bits per heavy atom. The maximum absolute atomic E-state index is 12.3. The van der Waals surface area contributed by atoms with Gasteiger partial charge in [0.25, 0.3) is 0 Å². The molecule has 2 aromatic heterocycles. The van der Waals surface area contributed by atoms with E-state index in [1.54, 1.807) is 6.20 Å². The number of amides is 2. The molecule has 8 nitrogen and oxygen atoms in total. The third-order valence-corrected chi connectivity index (χ3v) is 4.64. The van der Waals surface area contributed by atoms with Crippen molar-refractivity contribution >= 4 is 34.2 Å². The highest BCUT2D eigenvalue weighted by Crippen LogP contribution is 2.27. The third-order valence-electron chi connectivity index (χ3n) is 4.64. The summed E-state index contributed by atoms with van der Waals surface area (Å²) >= 11 is 0. The number of aromatic amines is 1. The Morgan fingerprint density at radius 2 is 2.15 bits per heavy atom. The van der Waals surface area contributed by atoms with Crippen LogP contribution < -0.4 is 10.6 Å². The standard InChI is InChI=1S/C18H20N6O2/c1-11-8-13-14(19-11)6-3-7-15(13)20-17(25)10-24-9-16(22-23-24)21-18(26)12-4-2-5-12/h3,6-9,12,19H,2,4-5,10H2,1H3,(H,20,25)(H,21,26). The zero-order chi connectivity index (χ0) is 18.1. The molecule has 2 heterocycles. The lowest BCUT2D eigenvalue weighted by molar-refractivity contribution is -0.122. The first-order valence-corrected chi connectivity index (χ1v) is 8.68. The number of hydrogen-bond donors (Lipinski definition) is 3. The van der Waals surface area contributed by atoms with Gasteiger partial charge in [0.05, 0.1) is 11.9 Å². The van der Waals surface area contributed by atoms with E-state index in [4.69, 9.17) is 0 Å². The number of carbonyl (C=O) groups is 2. The molecule has 0 radical (unpaired) electrons. The fourth-order valence-corrected chi connectivity index (χ4v) is 3.07. The molecule has 8 heteroatoms. The van der Waals surface area contributed by atoms with E-state index in [0.717, 1.165) is 41.5 Å². The van der Waals surface area contributed by atoms with Gasteiger partial charge in [-0.05, 0) is 38.0 Å². The lowest BCUT2D eigenvalue weighted by atomic mass is 9.85. The van der Waals surface area contributed by atoms with Crippen LogP contribution in [0.15, 0.2) is 30.5 Å². The van der Waals surface area contributed by atoms with Gasteiger partial charge >= 0.3 is 0 Å². The Morgan fingerprint density at radius 3 is 2.92 bits per heavy atom. The zero-order valence-electron chi connectivity index (χ0n) is 14.5. The Labute approximate surface area is 150 Å². The van der Waals surface area contributed by atoms with E-state index in [-0.39, 0.29) is 24.3 Å². The first-order chi connectivity index (χ1) is 12.6. The summed E-state index contributed by atoms with van der Waals surface area (Å²) < 4.78 is 1.41. The summed E-state index contributed by atoms with van der Waals surface area (Å²) in [5.41, 5.74) is 2.75. The molecular weight excluding hydrogens is 332 g/mol. The molecular formula is C18H20N6O2. The van der Waals surface area contributed by atoms with Gasteiger partial charge in [0, 0.05) is 22.5 Å². The van der Waals surface area contributed by atoms with Gasteiger partial charge in [-0.3, -0.25) is 9.59 Å². The number of H-pyrrole nitrogens is 1. The lowest BCUT2D eigenvalue weighted by Gasteiger charge is -2.23. The summed E-state index contributed by atoms with van der Waals surface area (Å²) in [4.78, 5) is 27.5. The van der Waals surface area contributed by atoms with Crippen LogP contribution in [0.5, 0.6) is 0 Å². The van der Waals surface area contributed by atoms with Crippen molar-refractivity contribution in [3.63, 3.8) is 0 Å². The number of aryl methyl sites for hydroxylation is 1. The second-order valence-corrected chi connectivity index (χ2v) is 6.69. The molecule has 1 saturated carbocycles. The van der Waals surface area contributed by atoms with Crippen molar-refractivity contribution in [3.05, 3.63) is 36.2 Å². The molecule has 2 amide bonds. The maximum Gasteiger partial charge on any atom is 0.246 e. The fourth-order valence-electron chi connectivity index (χ4n) is 3.07. The number of anilines is 2. The first-order valence-electron chi connectivity index (χ1n) is 8.68. The number of benzene rings is 1. The Balaban J connectivity index is 1.39. The minimum absolute atomic E-state index is 0.0199. The normalized spacial score (nSPS) is 14.2. The van der Waals surface area contributed by atoms with Crippen molar-refractivity contribution in [1.82, 2.24) is 20.0 Å². The van der Waals surface area contributed by atoms with Crippen LogP contribution in [-0.4, -0.2) is 31.8 Å². The van der Waals surface area contributed by atoms with Gasteiger partial charge in [-0.15, -0.1) is 5.10 Å². The fraction of sp³-hybridized carbons (Fsp3) is 0.333. The monoisotopic (exact) mass is 352 g/mol. The van der Waals surface area contributed by atoms with Crippen LogP contribution in [0, 0.1) is 12.8 Å². The van der Waals surface area contributed by atoms with Crippen LogP contribution in [0.1, 0.15) is 25.0 Å². The summed E-state index contributed by atoms with van der Waals surface area (Å²) in [6, 6.07) is 7.71. The van der Waals surface area contributed by atoms with Crippen LogP contribution in [0.25, 0.3) is 10.9 Å². The van der Waals surface area contributed by atoms with Crippen molar-refractivity contribution in [1.29, 1.82) is 0 Å².